The summed E-state index contributed by atoms with van der Waals surface area (Å²) in [6.07, 6.45) is 0. The van der Waals surface area contributed by atoms with Crippen LogP contribution in [-0.4, -0.2) is 18.0 Å². The largest absolute Gasteiger partial charge is 0.280 e. The van der Waals surface area contributed by atoms with Gasteiger partial charge in [-0.3, -0.25) is 9.80 Å². The predicted octanol–water partition coefficient (Wildman–Crippen LogP) is 1.94. The molecule has 0 saturated heterocycles. The number of nitrogens with two attached hydrogens (primary N) is 1. The van der Waals surface area contributed by atoms with E-state index in [0.717, 1.165) is 5.01 Å². The Balaban J connectivity index is 3.09. The van der Waals surface area contributed by atoms with Crippen molar-refractivity contribution in [2.75, 3.05) is 7.05 Å². The van der Waals surface area contributed by atoms with Gasteiger partial charge in [0.2, 0.25) is 0 Å². The maximum Gasteiger partial charge on any atom is 0.269 e. The molecule has 13 heavy (non-hydrogen) atoms. The zero-order valence-corrected chi connectivity index (χ0v) is 8.43. The fourth-order valence-corrected chi connectivity index (χ4v) is 1.34. The first-order valence-electron chi connectivity index (χ1n) is 3.50. The van der Waals surface area contributed by atoms with Crippen LogP contribution >= 0.6 is 23.2 Å². The van der Waals surface area contributed by atoms with Gasteiger partial charge in [-0.25, -0.2) is 5.84 Å². The van der Waals surface area contributed by atoms with Crippen molar-refractivity contribution in [1.29, 1.82) is 0 Å². The molecule has 0 atom stereocenters. The molecule has 0 bridgehead atoms. The first kappa shape index (κ1) is 10.3. The van der Waals surface area contributed by atoms with Gasteiger partial charge in [0.15, 0.2) is 0 Å². The molecular formula is C8H8Cl2N2O. The van der Waals surface area contributed by atoms with E-state index in [2.05, 4.69) is 0 Å². The minimum atomic E-state index is -0.346. The van der Waals surface area contributed by atoms with E-state index in [1.807, 2.05) is 0 Å². The standard InChI is InChI=1S/C8H8Cl2N2O/c1-12(11)8(13)6-3-2-5(9)4-7(6)10/h2-4H,11H2,1H3. The number of halogens is 2. The first-order chi connectivity index (χ1) is 6.02. The van der Waals surface area contributed by atoms with Gasteiger partial charge in [0.05, 0.1) is 10.6 Å². The zero-order chi connectivity index (χ0) is 10.0. The number of hydrogen-bond acceptors (Lipinski definition) is 2. The Morgan fingerprint density at radius 3 is 2.54 bits per heavy atom. The molecule has 1 aromatic carbocycles. The van der Waals surface area contributed by atoms with Crippen molar-refractivity contribution in [3.05, 3.63) is 33.8 Å². The van der Waals surface area contributed by atoms with Gasteiger partial charge in [-0.15, -0.1) is 0 Å². The minimum Gasteiger partial charge on any atom is -0.280 e. The Kier molecular flexibility index (Phi) is 3.14. The summed E-state index contributed by atoms with van der Waals surface area (Å²) in [6, 6.07) is 4.63. The quantitative estimate of drug-likeness (QED) is 0.445. The van der Waals surface area contributed by atoms with Crippen LogP contribution in [0.3, 0.4) is 0 Å². The maximum absolute atomic E-state index is 11.3. The summed E-state index contributed by atoms with van der Waals surface area (Å²) in [5.74, 6) is 4.92. The lowest BCUT2D eigenvalue weighted by Gasteiger charge is -2.10. The Bertz CT molecular complexity index is 339. The number of benzene rings is 1. The van der Waals surface area contributed by atoms with E-state index in [0.29, 0.717) is 15.6 Å². The lowest BCUT2D eigenvalue weighted by atomic mass is 10.2. The molecular weight excluding hydrogens is 211 g/mol. The van der Waals surface area contributed by atoms with Crippen LogP contribution in [0.1, 0.15) is 10.4 Å². The van der Waals surface area contributed by atoms with E-state index < -0.39 is 0 Å². The van der Waals surface area contributed by atoms with Gasteiger partial charge in [-0.05, 0) is 18.2 Å². The van der Waals surface area contributed by atoms with Gasteiger partial charge in [-0.1, -0.05) is 23.2 Å². The van der Waals surface area contributed by atoms with Crippen LogP contribution in [0.5, 0.6) is 0 Å². The second-order valence-corrected chi connectivity index (χ2v) is 3.38. The van der Waals surface area contributed by atoms with E-state index in [4.69, 9.17) is 29.0 Å². The number of hydrogen-bond donors (Lipinski definition) is 1. The Hall–Kier alpha value is -0.770. The second-order valence-electron chi connectivity index (χ2n) is 2.54. The molecule has 1 rings (SSSR count). The monoisotopic (exact) mass is 218 g/mol. The molecule has 0 aliphatic carbocycles. The van der Waals surface area contributed by atoms with E-state index in [-0.39, 0.29) is 5.91 Å². The number of rotatable bonds is 1. The van der Waals surface area contributed by atoms with Gasteiger partial charge < -0.3 is 0 Å². The summed E-state index contributed by atoms with van der Waals surface area (Å²) < 4.78 is 0. The van der Waals surface area contributed by atoms with E-state index in [1.54, 1.807) is 6.07 Å². The van der Waals surface area contributed by atoms with Gasteiger partial charge in [0.1, 0.15) is 0 Å². The highest BCUT2D eigenvalue weighted by Gasteiger charge is 2.12. The van der Waals surface area contributed by atoms with Crippen molar-refractivity contribution in [3.8, 4) is 0 Å². The molecule has 70 valence electrons. The summed E-state index contributed by atoms with van der Waals surface area (Å²) in [4.78, 5) is 11.3. The lowest BCUT2D eigenvalue weighted by molar-refractivity contribution is 0.0795. The van der Waals surface area contributed by atoms with Crippen LogP contribution in [0.2, 0.25) is 10.0 Å². The Morgan fingerprint density at radius 2 is 2.08 bits per heavy atom. The number of amides is 1. The van der Waals surface area contributed by atoms with Crippen molar-refractivity contribution in [2.45, 2.75) is 0 Å². The van der Waals surface area contributed by atoms with Gasteiger partial charge >= 0.3 is 0 Å². The summed E-state index contributed by atoms with van der Waals surface area (Å²) in [5, 5.41) is 1.76. The number of hydrazine groups is 1. The van der Waals surface area contributed by atoms with Gasteiger partial charge in [0.25, 0.3) is 5.91 Å². The van der Waals surface area contributed by atoms with Crippen molar-refractivity contribution in [1.82, 2.24) is 5.01 Å². The highest BCUT2D eigenvalue weighted by molar-refractivity contribution is 6.36. The summed E-state index contributed by atoms with van der Waals surface area (Å²) >= 11 is 11.4. The molecule has 5 heteroatoms. The number of carbonyl (C=O) groups is 1. The molecule has 3 nitrogen and oxygen atoms in total. The predicted molar refractivity (Wildman–Crippen MR) is 52.7 cm³/mol. The molecule has 0 aliphatic rings. The fraction of sp³-hybridized carbons (Fsp3) is 0.125. The van der Waals surface area contributed by atoms with Crippen molar-refractivity contribution < 1.29 is 4.79 Å². The van der Waals surface area contributed by atoms with Crippen LogP contribution in [0, 0.1) is 0 Å². The average molecular weight is 219 g/mol. The molecule has 0 fully saturated rings. The average Bonchev–Trinajstić information content (AvgIpc) is 2.03. The number of carbonyl (C=O) groups excluding carboxylic acids is 1. The molecule has 0 aromatic heterocycles. The smallest absolute Gasteiger partial charge is 0.269 e. The van der Waals surface area contributed by atoms with Crippen molar-refractivity contribution in [2.24, 2.45) is 5.84 Å². The van der Waals surface area contributed by atoms with Gasteiger partial charge in [-0.2, -0.15) is 0 Å². The Labute approximate surface area is 86.0 Å². The van der Waals surface area contributed by atoms with Crippen LogP contribution < -0.4 is 5.84 Å². The molecule has 0 saturated carbocycles. The molecule has 0 aliphatic heterocycles. The second kappa shape index (κ2) is 3.96. The SMILES string of the molecule is CN(N)C(=O)c1ccc(Cl)cc1Cl. The first-order valence-corrected chi connectivity index (χ1v) is 4.26. The third-order valence-electron chi connectivity index (χ3n) is 1.48. The summed E-state index contributed by atoms with van der Waals surface area (Å²) in [5.41, 5.74) is 0.344. The van der Waals surface area contributed by atoms with Crippen LogP contribution in [0.4, 0.5) is 0 Å². The molecule has 2 N–H and O–H groups in total. The van der Waals surface area contributed by atoms with Crippen molar-refractivity contribution >= 4 is 29.1 Å². The number of nitrogens with zero attached hydrogens (tertiary/aromatic N) is 1. The summed E-state index contributed by atoms with van der Waals surface area (Å²) in [6.45, 7) is 0. The molecule has 0 heterocycles. The third kappa shape index (κ3) is 2.34. The van der Waals surface area contributed by atoms with E-state index in [9.17, 15) is 4.79 Å². The van der Waals surface area contributed by atoms with Crippen LogP contribution in [0.25, 0.3) is 0 Å². The molecule has 0 spiro atoms. The lowest BCUT2D eigenvalue weighted by Crippen LogP contribution is -2.33. The topological polar surface area (TPSA) is 46.3 Å². The third-order valence-corrected chi connectivity index (χ3v) is 2.03. The fourth-order valence-electron chi connectivity index (χ4n) is 0.853. The van der Waals surface area contributed by atoms with Gasteiger partial charge in [0, 0.05) is 12.1 Å². The van der Waals surface area contributed by atoms with Crippen molar-refractivity contribution in [3.63, 3.8) is 0 Å². The van der Waals surface area contributed by atoms with Crippen LogP contribution in [-0.2, 0) is 0 Å². The van der Waals surface area contributed by atoms with E-state index >= 15 is 0 Å². The molecule has 0 unspecified atom stereocenters. The van der Waals surface area contributed by atoms with E-state index in [1.165, 1.54) is 19.2 Å². The summed E-state index contributed by atoms with van der Waals surface area (Å²) in [7, 11) is 1.45. The minimum absolute atomic E-state index is 0.301. The molecule has 1 amide bonds. The maximum atomic E-state index is 11.3. The zero-order valence-electron chi connectivity index (χ0n) is 6.92. The highest BCUT2D eigenvalue weighted by atomic mass is 35.5. The van der Waals surface area contributed by atoms with Crippen LogP contribution in [0.15, 0.2) is 18.2 Å². The highest BCUT2D eigenvalue weighted by Crippen LogP contribution is 2.21. The normalized spacial score (nSPS) is 9.85. The Morgan fingerprint density at radius 1 is 1.46 bits per heavy atom. The molecule has 1 aromatic rings. The molecule has 0 radical (unpaired) electrons.